The Hall–Kier alpha value is -8.96. The lowest BCUT2D eigenvalue weighted by atomic mass is 9.70. The van der Waals surface area contributed by atoms with Gasteiger partial charge < -0.3 is 0 Å². The van der Waals surface area contributed by atoms with E-state index in [-0.39, 0.29) is 10.8 Å². The van der Waals surface area contributed by atoms with Crippen molar-refractivity contribution in [2.45, 2.75) is 232 Å². The van der Waals surface area contributed by atoms with Crippen LogP contribution in [0.4, 0.5) is 0 Å². The van der Waals surface area contributed by atoms with Crippen molar-refractivity contribution in [1.82, 2.24) is 9.97 Å². The molecule has 2 aliphatic rings. The minimum atomic E-state index is -0.201. The summed E-state index contributed by atoms with van der Waals surface area (Å²) in [6, 6.07) is 77.3. The van der Waals surface area contributed by atoms with Crippen molar-refractivity contribution < 1.29 is 0 Å². The van der Waals surface area contributed by atoms with Crippen LogP contribution >= 0.6 is 0 Å². The van der Waals surface area contributed by atoms with Crippen LogP contribution in [0.15, 0.2) is 194 Å². The second-order valence-electron chi connectivity index (χ2n) is 29.6. The van der Waals surface area contributed by atoms with E-state index in [1.165, 1.54) is 243 Å². The molecule has 0 amide bonds. The molecule has 0 fully saturated rings. The van der Waals surface area contributed by atoms with Crippen LogP contribution in [-0.2, 0) is 10.8 Å². The first-order valence-corrected chi connectivity index (χ1v) is 38.9. The molecular formula is C96H106N4. The molecule has 2 aliphatic carbocycles. The first-order valence-electron chi connectivity index (χ1n) is 38.9. The molecule has 4 heteroatoms. The molecule has 10 aromatic rings. The summed E-state index contributed by atoms with van der Waals surface area (Å²) in [6.07, 6.45) is 34.8. The normalized spacial score (nSPS) is 13.0. The fraction of sp³-hybridized carbons (Fsp3) is 0.375. The molecule has 0 bridgehead atoms. The molecular weight excluding hydrogens is 1210 g/mol. The lowest BCUT2D eigenvalue weighted by Crippen LogP contribution is -2.26. The maximum Gasteiger partial charge on any atom is 0.160 e. The molecule has 0 saturated carbocycles. The van der Waals surface area contributed by atoms with Gasteiger partial charge in [-0.3, -0.25) is 0 Å². The van der Waals surface area contributed by atoms with Gasteiger partial charge in [-0.2, -0.15) is 10.5 Å². The molecule has 9 aromatic carbocycles. The first kappa shape index (κ1) is 70.9. The number of nitrogens with zero attached hydrogens (tertiary/aromatic N) is 4. The number of aryl methyl sites for hydroxylation is 2. The molecule has 1 aromatic heterocycles. The van der Waals surface area contributed by atoms with E-state index in [0.717, 1.165) is 64.9 Å². The summed E-state index contributed by atoms with van der Waals surface area (Å²) >= 11 is 0. The number of aromatic nitrogens is 2. The van der Waals surface area contributed by atoms with Crippen molar-refractivity contribution in [1.29, 1.82) is 10.5 Å². The average molecular weight is 1320 g/mol. The van der Waals surface area contributed by atoms with Gasteiger partial charge in [-0.15, -0.1) is 0 Å². The van der Waals surface area contributed by atoms with Gasteiger partial charge in [0.25, 0.3) is 0 Å². The van der Waals surface area contributed by atoms with Gasteiger partial charge in [0.15, 0.2) is 5.82 Å². The van der Waals surface area contributed by atoms with Gasteiger partial charge in [0.1, 0.15) is 0 Å². The van der Waals surface area contributed by atoms with Gasteiger partial charge in [0.05, 0.1) is 34.7 Å². The summed E-state index contributed by atoms with van der Waals surface area (Å²) in [5.74, 6) is 0.676. The zero-order valence-corrected chi connectivity index (χ0v) is 61.1. The van der Waals surface area contributed by atoms with Gasteiger partial charge in [-0.25, -0.2) is 9.97 Å². The number of unbranched alkanes of at least 4 members (excludes halogenated alkanes) is 20. The van der Waals surface area contributed by atoms with Crippen LogP contribution in [0.3, 0.4) is 0 Å². The predicted octanol–water partition coefficient (Wildman–Crippen LogP) is 28.0. The zero-order valence-electron chi connectivity index (χ0n) is 61.1. The second kappa shape index (κ2) is 33.9. The Morgan fingerprint density at radius 3 is 1.09 bits per heavy atom. The topological polar surface area (TPSA) is 73.4 Å². The lowest BCUT2D eigenvalue weighted by molar-refractivity contribution is 0.398. The third-order valence-corrected chi connectivity index (χ3v) is 22.5. The van der Waals surface area contributed by atoms with E-state index in [4.69, 9.17) is 9.97 Å². The van der Waals surface area contributed by atoms with E-state index in [2.05, 4.69) is 230 Å². The fourth-order valence-electron chi connectivity index (χ4n) is 17.0. The summed E-state index contributed by atoms with van der Waals surface area (Å²) < 4.78 is 0. The molecule has 0 radical (unpaired) electrons. The van der Waals surface area contributed by atoms with Crippen molar-refractivity contribution in [3.05, 3.63) is 239 Å². The molecule has 0 aliphatic heterocycles. The molecule has 0 unspecified atom stereocenters. The Morgan fingerprint density at radius 2 is 0.630 bits per heavy atom. The highest BCUT2D eigenvalue weighted by atomic mass is 14.9. The largest absolute Gasteiger partial charge is 0.228 e. The Balaban J connectivity index is 1.00. The molecule has 12 rings (SSSR count). The third kappa shape index (κ3) is 15.9. The zero-order chi connectivity index (χ0) is 69.3. The molecule has 4 nitrogen and oxygen atoms in total. The SMILES string of the molecule is CCCCCCCCC1(CCCCCCCC)c2cc(C)ccc2-c2ccc(-c3cc(-c4ccc5c(c4)C(CCCCCCCC)(CCCCCCCC)c4cc(-c6cccc(-c7ccccc7-c7cccc(C)c7)c6)ccc4-5)nc(-c4ccc(-c5cc(C#N)cc(C#N)c5)cc4)n3)cc21. The standard InChI is InChI=1S/C96H106N4/c1-7-11-15-19-23-29-53-95(54-30-24-20-16-12-8-2)88-58-70(6)41-49-84(88)86-51-47-79(64-90(86)95)92-66-93(100-94(99-92)74-44-42-73(43-45-74)81-60-71(67-97)59-72(61-81)68-98)80-48-52-87-85-50-46-76(75-36-34-38-78(62-75)83-40-28-27-39-82(83)77-37-33-35-69(5)57-77)63-89(85)96(91(87)65-80,55-31-25-21-17-13-9-3)56-32-26-22-18-14-10-4/h27-28,33-52,57-66H,7-26,29-32,53-56H2,1-6H3. The number of hydrogen-bond donors (Lipinski definition) is 0. The Kier molecular flexibility index (Phi) is 24.1. The van der Waals surface area contributed by atoms with Crippen LogP contribution in [-0.4, -0.2) is 9.97 Å². The van der Waals surface area contributed by atoms with Crippen molar-refractivity contribution in [2.75, 3.05) is 0 Å². The van der Waals surface area contributed by atoms with Crippen LogP contribution in [0.1, 0.15) is 252 Å². The minimum absolute atomic E-state index is 0.0922. The van der Waals surface area contributed by atoms with E-state index in [1.807, 2.05) is 12.1 Å². The number of benzene rings is 9. The van der Waals surface area contributed by atoms with E-state index >= 15 is 0 Å². The van der Waals surface area contributed by atoms with Crippen molar-refractivity contribution in [3.63, 3.8) is 0 Å². The van der Waals surface area contributed by atoms with Crippen LogP contribution in [0.2, 0.25) is 0 Å². The van der Waals surface area contributed by atoms with Gasteiger partial charge in [-0.05, 0) is 177 Å². The second-order valence-corrected chi connectivity index (χ2v) is 29.6. The van der Waals surface area contributed by atoms with Crippen LogP contribution in [0, 0.1) is 36.5 Å². The Morgan fingerprint density at radius 1 is 0.270 bits per heavy atom. The number of nitriles is 2. The van der Waals surface area contributed by atoms with E-state index in [9.17, 15) is 10.5 Å². The molecule has 510 valence electrons. The van der Waals surface area contributed by atoms with Gasteiger partial charge >= 0.3 is 0 Å². The van der Waals surface area contributed by atoms with Gasteiger partial charge in [-0.1, -0.05) is 339 Å². The quantitative estimate of drug-likeness (QED) is 0.0371. The van der Waals surface area contributed by atoms with Crippen LogP contribution in [0.25, 0.3) is 101 Å². The fourth-order valence-corrected chi connectivity index (χ4v) is 17.0. The van der Waals surface area contributed by atoms with E-state index < -0.39 is 0 Å². The number of hydrogen-bond acceptors (Lipinski definition) is 4. The third-order valence-electron chi connectivity index (χ3n) is 22.5. The van der Waals surface area contributed by atoms with E-state index in [1.54, 1.807) is 6.07 Å². The Bertz CT molecular complexity index is 4440. The summed E-state index contributed by atoms with van der Waals surface area (Å²) in [7, 11) is 0. The highest BCUT2D eigenvalue weighted by Crippen LogP contribution is 2.58. The van der Waals surface area contributed by atoms with E-state index in [0.29, 0.717) is 17.0 Å². The highest BCUT2D eigenvalue weighted by Gasteiger charge is 2.44. The predicted molar refractivity (Wildman–Crippen MR) is 423 cm³/mol. The highest BCUT2D eigenvalue weighted by molar-refractivity contribution is 5.90. The minimum Gasteiger partial charge on any atom is -0.228 e. The monoisotopic (exact) mass is 1310 g/mol. The molecule has 100 heavy (non-hydrogen) atoms. The molecule has 1 heterocycles. The lowest BCUT2D eigenvalue weighted by Gasteiger charge is -2.33. The number of fused-ring (bicyclic) bond motifs is 6. The molecule has 0 saturated heterocycles. The summed E-state index contributed by atoms with van der Waals surface area (Å²) in [4.78, 5) is 11.4. The van der Waals surface area contributed by atoms with Gasteiger partial charge in [0.2, 0.25) is 0 Å². The van der Waals surface area contributed by atoms with Crippen LogP contribution in [0.5, 0.6) is 0 Å². The van der Waals surface area contributed by atoms with Gasteiger partial charge in [0, 0.05) is 27.5 Å². The molecule has 0 spiro atoms. The summed E-state index contributed by atoms with van der Waals surface area (Å²) in [5, 5.41) is 20.0. The van der Waals surface area contributed by atoms with Crippen LogP contribution < -0.4 is 0 Å². The maximum atomic E-state index is 9.98. The average Bonchev–Trinajstić information content (AvgIpc) is 1.57. The smallest absolute Gasteiger partial charge is 0.160 e. The van der Waals surface area contributed by atoms with Crippen molar-refractivity contribution >= 4 is 0 Å². The molecule has 0 N–H and O–H groups in total. The number of rotatable bonds is 35. The Labute approximate surface area is 600 Å². The molecule has 0 atom stereocenters. The van der Waals surface area contributed by atoms with Crippen molar-refractivity contribution in [3.8, 4) is 113 Å². The summed E-state index contributed by atoms with van der Waals surface area (Å²) in [5.41, 5.74) is 28.9. The first-order chi connectivity index (χ1) is 49.1. The summed E-state index contributed by atoms with van der Waals surface area (Å²) in [6.45, 7) is 13.8. The maximum absolute atomic E-state index is 9.98. The van der Waals surface area contributed by atoms with Crippen molar-refractivity contribution in [2.24, 2.45) is 0 Å².